The van der Waals surface area contributed by atoms with E-state index in [1.165, 1.54) is 6.07 Å². The lowest BCUT2D eigenvalue weighted by Gasteiger charge is -2.05. The molecule has 0 atom stereocenters. The number of ether oxygens (including phenoxy) is 3. The van der Waals surface area contributed by atoms with Crippen molar-refractivity contribution < 1.29 is 23.8 Å². The van der Waals surface area contributed by atoms with Gasteiger partial charge in [-0.15, -0.1) is 0 Å². The number of fused-ring (bicyclic) bond motifs is 1. The Hall–Kier alpha value is -3.86. The van der Waals surface area contributed by atoms with Gasteiger partial charge in [0.1, 0.15) is 17.2 Å². The van der Waals surface area contributed by atoms with Crippen LogP contribution in [0.15, 0.2) is 78.6 Å². The third-order valence-corrected chi connectivity index (χ3v) is 4.27. The van der Waals surface area contributed by atoms with Crippen molar-refractivity contribution in [3.05, 3.63) is 95.2 Å². The van der Waals surface area contributed by atoms with Gasteiger partial charge in [0.2, 0.25) is 5.78 Å². The Morgan fingerprint density at radius 1 is 0.929 bits per heavy atom. The highest BCUT2D eigenvalue weighted by Gasteiger charge is 2.28. The number of ketones is 1. The second-order valence-electron chi connectivity index (χ2n) is 6.13. The van der Waals surface area contributed by atoms with Crippen molar-refractivity contribution in [1.29, 1.82) is 0 Å². The quantitative estimate of drug-likeness (QED) is 0.382. The van der Waals surface area contributed by atoms with Gasteiger partial charge in [-0.3, -0.25) is 4.79 Å². The highest BCUT2D eigenvalue weighted by atomic mass is 16.5. The average molecular weight is 372 g/mol. The van der Waals surface area contributed by atoms with Crippen LogP contribution in [0.4, 0.5) is 0 Å². The molecule has 0 spiro atoms. The number of carbonyl (C=O) groups excluding carboxylic acids is 2. The van der Waals surface area contributed by atoms with Crippen LogP contribution in [0, 0.1) is 0 Å². The van der Waals surface area contributed by atoms with Crippen LogP contribution in [0.2, 0.25) is 0 Å². The summed E-state index contributed by atoms with van der Waals surface area (Å²) in [7, 11) is 1.59. The summed E-state index contributed by atoms with van der Waals surface area (Å²) in [6.07, 6.45) is 1.66. The Labute approximate surface area is 161 Å². The molecule has 5 heteroatoms. The molecule has 1 aliphatic heterocycles. The van der Waals surface area contributed by atoms with Crippen molar-refractivity contribution in [2.45, 2.75) is 0 Å². The standard InChI is InChI=1S/C23H16O5/c1-26-17-9-7-15(8-10-17)13-21-22(24)19-14-18(11-12-20(19)28-21)27-23(25)16-5-3-2-4-6-16/h2-14H,1H3. The Morgan fingerprint density at radius 2 is 1.64 bits per heavy atom. The minimum atomic E-state index is -0.485. The number of rotatable bonds is 4. The lowest BCUT2D eigenvalue weighted by Crippen LogP contribution is -2.08. The molecule has 0 fully saturated rings. The molecule has 28 heavy (non-hydrogen) atoms. The minimum Gasteiger partial charge on any atom is -0.497 e. The monoisotopic (exact) mass is 372 g/mol. The van der Waals surface area contributed by atoms with E-state index in [-0.39, 0.29) is 17.3 Å². The number of carbonyl (C=O) groups is 2. The zero-order valence-electron chi connectivity index (χ0n) is 15.0. The summed E-state index contributed by atoms with van der Waals surface area (Å²) >= 11 is 0. The second-order valence-corrected chi connectivity index (χ2v) is 6.13. The smallest absolute Gasteiger partial charge is 0.343 e. The zero-order valence-corrected chi connectivity index (χ0v) is 15.0. The van der Waals surface area contributed by atoms with E-state index in [0.717, 1.165) is 11.3 Å². The van der Waals surface area contributed by atoms with Gasteiger partial charge in [0.15, 0.2) is 5.76 Å². The van der Waals surface area contributed by atoms with Crippen LogP contribution >= 0.6 is 0 Å². The van der Waals surface area contributed by atoms with Gasteiger partial charge in [0.05, 0.1) is 18.2 Å². The third-order valence-electron chi connectivity index (χ3n) is 4.27. The van der Waals surface area contributed by atoms with E-state index in [2.05, 4.69) is 0 Å². The van der Waals surface area contributed by atoms with E-state index in [1.54, 1.807) is 61.7 Å². The molecule has 0 amide bonds. The predicted octanol–water partition coefficient (Wildman–Crippen LogP) is 4.53. The van der Waals surface area contributed by atoms with E-state index in [0.29, 0.717) is 16.9 Å². The van der Waals surface area contributed by atoms with Crippen LogP contribution in [0.1, 0.15) is 26.3 Å². The molecule has 0 aromatic heterocycles. The zero-order chi connectivity index (χ0) is 19.5. The molecule has 1 heterocycles. The predicted molar refractivity (Wildman–Crippen MR) is 104 cm³/mol. The van der Waals surface area contributed by atoms with Crippen LogP contribution in [0.5, 0.6) is 17.2 Å². The highest BCUT2D eigenvalue weighted by molar-refractivity contribution is 6.14. The number of hydrogen-bond donors (Lipinski definition) is 0. The number of hydrogen-bond acceptors (Lipinski definition) is 5. The van der Waals surface area contributed by atoms with Crippen molar-refractivity contribution in [1.82, 2.24) is 0 Å². The molecule has 0 N–H and O–H groups in total. The maximum atomic E-state index is 12.7. The van der Waals surface area contributed by atoms with Crippen molar-refractivity contribution in [2.24, 2.45) is 0 Å². The van der Waals surface area contributed by atoms with E-state index in [4.69, 9.17) is 14.2 Å². The molecule has 0 aliphatic carbocycles. The lowest BCUT2D eigenvalue weighted by molar-refractivity contribution is 0.0734. The number of Topliss-reactive ketones (excluding diaryl/α,β-unsaturated/α-hetero) is 1. The summed E-state index contributed by atoms with van der Waals surface area (Å²) in [5.74, 6) is 0.921. The van der Waals surface area contributed by atoms with Crippen LogP contribution in [-0.2, 0) is 0 Å². The van der Waals surface area contributed by atoms with Crippen molar-refractivity contribution in [2.75, 3.05) is 7.11 Å². The summed E-state index contributed by atoms with van der Waals surface area (Å²) < 4.78 is 16.2. The molecule has 0 bridgehead atoms. The number of benzene rings is 3. The molecule has 3 aromatic rings. The molecule has 3 aromatic carbocycles. The van der Waals surface area contributed by atoms with Crippen LogP contribution in [0.3, 0.4) is 0 Å². The molecule has 4 rings (SSSR count). The Bertz CT molecular complexity index is 1070. The molecule has 0 saturated carbocycles. The molecular weight excluding hydrogens is 356 g/mol. The van der Waals surface area contributed by atoms with E-state index < -0.39 is 5.97 Å². The van der Waals surface area contributed by atoms with Gasteiger partial charge in [-0.05, 0) is 54.1 Å². The van der Waals surface area contributed by atoms with Crippen molar-refractivity contribution >= 4 is 17.8 Å². The average Bonchev–Trinajstić information content (AvgIpc) is 3.04. The fourth-order valence-corrected chi connectivity index (χ4v) is 2.82. The first-order chi connectivity index (χ1) is 13.6. The summed E-state index contributed by atoms with van der Waals surface area (Å²) in [5.41, 5.74) is 1.61. The molecule has 1 aliphatic rings. The summed E-state index contributed by atoms with van der Waals surface area (Å²) in [5, 5.41) is 0. The molecular formula is C23H16O5. The first-order valence-corrected chi connectivity index (χ1v) is 8.63. The van der Waals surface area contributed by atoms with Gasteiger partial charge in [0.25, 0.3) is 0 Å². The normalized spacial score (nSPS) is 13.8. The van der Waals surface area contributed by atoms with E-state index >= 15 is 0 Å². The first-order valence-electron chi connectivity index (χ1n) is 8.63. The summed E-state index contributed by atoms with van der Waals surface area (Å²) in [6.45, 7) is 0. The third kappa shape index (κ3) is 3.50. The van der Waals surface area contributed by atoms with Crippen molar-refractivity contribution in [3.8, 4) is 17.2 Å². The first kappa shape index (κ1) is 17.5. The molecule has 0 radical (unpaired) electrons. The van der Waals surface area contributed by atoms with Gasteiger partial charge in [-0.2, -0.15) is 0 Å². The molecule has 5 nitrogen and oxygen atoms in total. The Balaban J connectivity index is 1.54. The van der Waals surface area contributed by atoms with Crippen LogP contribution in [0.25, 0.3) is 6.08 Å². The van der Waals surface area contributed by atoms with Crippen LogP contribution in [-0.4, -0.2) is 18.9 Å². The number of esters is 1. The highest BCUT2D eigenvalue weighted by Crippen LogP contribution is 2.34. The van der Waals surface area contributed by atoms with E-state index in [9.17, 15) is 9.59 Å². The minimum absolute atomic E-state index is 0.215. The van der Waals surface area contributed by atoms with Gasteiger partial charge >= 0.3 is 5.97 Å². The SMILES string of the molecule is COc1ccc(C=C2Oc3ccc(OC(=O)c4ccccc4)cc3C2=O)cc1. The van der Waals surface area contributed by atoms with Gasteiger partial charge in [-0.1, -0.05) is 30.3 Å². The van der Waals surface area contributed by atoms with E-state index in [1.807, 2.05) is 18.2 Å². The van der Waals surface area contributed by atoms with Gasteiger partial charge < -0.3 is 14.2 Å². The number of allylic oxidation sites excluding steroid dienone is 1. The van der Waals surface area contributed by atoms with Crippen molar-refractivity contribution in [3.63, 3.8) is 0 Å². The summed E-state index contributed by atoms with van der Waals surface area (Å²) in [4.78, 5) is 24.9. The second kappa shape index (κ2) is 7.40. The fourth-order valence-electron chi connectivity index (χ4n) is 2.82. The fraction of sp³-hybridized carbons (Fsp3) is 0.0435. The largest absolute Gasteiger partial charge is 0.497 e. The lowest BCUT2D eigenvalue weighted by atomic mass is 10.1. The topological polar surface area (TPSA) is 61.8 Å². The maximum Gasteiger partial charge on any atom is 0.343 e. The van der Waals surface area contributed by atoms with Crippen LogP contribution < -0.4 is 14.2 Å². The Kier molecular flexibility index (Phi) is 4.64. The molecule has 0 saturated heterocycles. The maximum absolute atomic E-state index is 12.7. The summed E-state index contributed by atoms with van der Waals surface area (Å²) in [6, 6.07) is 20.7. The number of methoxy groups -OCH3 is 1. The molecule has 0 unspecified atom stereocenters. The van der Waals surface area contributed by atoms with Gasteiger partial charge in [0, 0.05) is 0 Å². The Morgan fingerprint density at radius 3 is 2.36 bits per heavy atom. The van der Waals surface area contributed by atoms with Gasteiger partial charge in [-0.25, -0.2) is 4.79 Å². The molecule has 138 valence electrons.